The molecule has 0 spiro atoms. The van der Waals surface area contributed by atoms with Gasteiger partial charge in [0.25, 0.3) is 0 Å². The van der Waals surface area contributed by atoms with Crippen LogP contribution in [-0.2, 0) is 11.3 Å². The average molecular weight is 433 g/mol. The standard InChI is InChI=1S/C19H24N6O4S/c26-18(27)7-10-22-19(30)21-9-4-8-20-15-11-17(24-13-16(15)25(28)29)23-12-14-5-2-1-3-6-14/h1-3,5-6,11,13H,4,7-10,12H2,(H,26,27)(H2,20,23,24)(H2,21,22,30). The molecule has 0 aliphatic rings. The molecule has 1 aromatic heterocycles. The number of aliphatic carboxylic acids is 1. The first kappa shape index (κ1) is 22.8. The molecule has 0 radical (unpaired) electrons. The van der Waals surface area contributed by atoms with Crippen LogP contribution in [0.1, 0.15) is 18.4 Å². The molecule has 0 saturated heterocycles. The van der Waals surface area contributed by atoms with Gasteiger partial charge in [-0.05, 0) is 24.2 Å². The molecule has 0 unspecified atom stereocenters. The Morgan fingerprint density at radius 1 is 1.13 bits per heavy atom. The van der Waals surface area contributed by atoms with Crippen LogP contribution in [0.25, 0.3) is 0 Å². The summed E-state index contributed by atoms with van der Waals surface area (Å²) in [6, 6.07) is 11.4. The third-order valence-corrected chi connectivity index (χ3v) is 4.26. The molecule has 1 heterocycles. The molecule has 0 atom stereocenters. The van der Waals surface area contributed by atoms with Gasteiger partial charge in [0.05, 0.1) is 11.3 Å². The molecule has 0 fully saturated rings. The van der Waals surface area contributed by atoms with Crippen molar-refractivity contribution in [2.24, 2.45) is 0 Å². The lowest BCUT2D eigenvalue weighted by Gasteiger charge is -2.12. The van der Waals surface area contributed by atoms with Crippen LogP contribution in [0.2, 0.25) is 0 Å². The van der Waals surface area contributed by atoms with E-state index in [1.807, 2.05) is 30.3 Å². The summed E-state index contributed by atoms with van der Waals surface area (Å²) < 4.78 is 0. The summed E-state index contributed by atoms with van der Waals surface area (Å²) in [5.74, 6) is -0.361. The number of carboxylic acid groups (broad SMARTS) is 1. The summed E-state index contributed by atoms with van der Waals surface area (Å²) in [5.41, 5.74) is 1.36. The quantitative estimate of drug-likeness (QED) is 0.147. The second-order valence-corrected chi connectivity index (χ2v) is 6.70. The number of hydrogen-bond donors (Lipinski definition) is 5. The lowest BCUT2D eigenvalue weighted by molar-refractivity contribution is -0.384. The number of thiocarbonyl (C=S) groups is 1. The van der Waals surface area contributed by atoms with Crippen molar-refractivity contribution in [2.45, 2.75) is 19.4 Å². The van der Waals surface area contributed by atoms with Gasteiger partial charge in [-0.3, -0.25) is 14.9 Å². The number of carboxylic acids is 1. The minimum Gasteiger partial charge on any atom is -0.481 e. The third kappa shape index (κ3) is 8.27. The van der Waals surface area contributed by atoms with E-state index in [4.69, 9.17) is 17.3 Å². The van der Waals surface area contributed by atoms with Crippen LogP contribution in [0, 0.1) is 10.1 Å². The largest absolute Gasteiger partial charge is 0.481 e. The number of hydrogen-bond acceptors (Lipinski definition) is 7. The molecule has 11 heteroatoms. The number of aromatic nitrogens is 1. The Kier molecular flexibility index (Phi) is 9.25. The number of carbonyl (C=O) groups is 1. The number of nitrogens with one attached hydrogen (secondary N) is 4. The number of nitro groups is 1. The number of rotatable bonds is 12. The minimum absolute atomic E-state index is 0.0181. The van der Waals surface area contributed by atoms with Crippen molar-refractivity contribution in [3.05, 3.63) is 58.3 Å². The van der Waals surface area contributed by atoms with Crippen LogP contribution in [0.3, 0.4) is 0 Å². The number of pyridine rings is 1. The van der Waals surface area contributed by atoms with Gasteiger partial charge in [0.15, 0.2) is 5.11 Å². The maximum Gasteiger partial charge on any atom is 0.310 e. The number of nitrogens with zero attached hydrogens (tertiary/aromatic N) is 2. The van der Waals surface area contributed by atoms with Gasteiger partial charge >= 0.3 is 11.7 Å². The SMILES string of the molecule is O=C(O)CCNC(=S)NCCCNc1cc(NCc2ccccc2)ncc1[N+](=O)[O-]. The van der Waals surface area contributed by atoms with Crippen molar-refractivity contribution in [1.29, 1.82) is 0 Å². The first-order valence-corrected chi connectivity index (χ1v) is 9.76. The molecule has 1 aromatic carbocycles. The molecular formula is C19H24N6O4S. The zero-order valence-electron chi connectivity index (χ0n) is 16.3. The highest BCUT2D eigenvalue weighted by molar-refractivity contribution is 7.80. The second-order valence-electron chi connectivity index (χ2n) is 6.29. The summed E-state index contributed by atoms with van der Waals surface area (Å²) in [7, 11) is 0. The van der Waals surface area contributed by atoms with Crippen molar-refractivity contribution >= 4 is 40.5 Å². The number of anilines is 2. The summed E-state index contributed by atoms with van der Waals surface area (Å²) in [4.78, 5) is 25.4. The second kappa shape index (κ2) is 12.2. The minimum atomic E-state index is -0.897. The predicted octanol–water partition coefficient (Wildman–Crippen LogP) is 2.34. The molecule has 30 heavy (non-hydrogen) atoms. The zero-order chi connectivity index (χ0) is 21.8. The fraction of sp³-hybridized carbons (Fsp3) is 0.316. The van der Waals surface area contributed by atoms with E-state index in [0.717, 1.165) is 5.56 Å². The fourth-order valence-corrected chi connectivity index (χ4v) is 2.68. The van der Waals surface area contributed by atoms with Gasteiger partial charge in [0.1, 0.15) is 17.7 Å². The monoisotopic (exact) mass is 432 g/mol. The van der Waals surface area contributed by atoms with E-state index in [0.29, 0.717) is 42.7 Å². The summed E-state index contributed by atoms with van der Waals surface area (Å²) in [6.45, 7) is 1.82. The van der Waals surface area contributed by atoms with Gasteiger partial charge in [-0.25, -0.2) is 4.98 Å². The van der Waals surface area contributed by atoms with E-state index in [-0.39, 0.29) is 18.7 Å². The van der Waals surface area contributed by atoms with Crippen molar-refractivity contribution in [3.8, 4) is 0 Å². The van der Waals surface area contributed by atoms with Gasteiger partial charge in [0, 0.05) is 32.2 Å². The number of benzene rings is 1. The lowest BCUT2D eigenvalue weighted by Crippen LogP contribution is -2.37. The molecule has 0 bridgehead atoms. The highest BCUT2D eigenvalue weighted by Gasteiger charge is 2.15. The van der Waals surface area contributed by atoms with Crippen LogP contribution >= 0.6 is 12.2 Å². The molecule has 10 nitrogen and oxygen atoms in total. The van der Waals surface area contributed by atoms with E-state index in [2.05, 4.69) is 26.3 Å². The maximum absolute atomic E-state index is 11.3. The summed E-state index contributed by atoms with van der Waals surface area (Å²) in [6.07, 6.45) is 1.86. The van der Waals surface area contributed by atoms with Gasteiger partial charge in [-0.2, -0.15) is 0 Å². The topological polar surface area (TPSA) is 141 Å². The Hall–Kier alpha value is -3.47. The highest BCUT2D eigenvalue weighted by atomic mass is 32.1. The third-order valence-electron chi connectivity index (χ3n) is 3.98. The van der Waals surface area contributed by atoms with E-state index in [1.165, 1.54) is 6.20 Å². The van der Waals surface area contributed by atoms with Crippen LogP contribution in [0.5, 0.6) is 0 Å². The zero-order valence-corrected chi connectivity index (χ0v) is 17.1. The first-order chi connectivity index (χ1) is 14.5. The molecule has 0 aliphatic heterocycles. The van der Waals surface area contributed by atoms with E-state index in [9.17, 15) is 14.9 Å². The van der Waals surface area contributed by atoms with Crippen LogP contribution in [-0.4, -0.2) is 45.7 Å². The molecular weight excluding hydrogens is 408 g/mol. The molecule has 2 aromatic rings. The molecule has 0 saturated carbocycles. The molecule has 5 N–H and O–H groups in total. The van der Waals surface area contributed by atoms with Gasteiger partial charge in [0.2, 0.25) is 0 Å². The molecule has 0 amide bonds. The van der Waals surface area contributed by atoms with Gasteiger partial charge in [-0.15, -0.1) is 0 Å². The molecule has 160 valence electrons. The van der Waals surface area contributed by atoms with Crippen LogP contribution < -0.4 is 21.3 Å². The van der Waals surface area contributed by atoms with Gasteiger partial charge in [-0.1, -0.05) is 30.3 Å². The Balaban J connectivity index is 1.80. The fourth-order valence-electron chi connectivity index (χ4n) is 2.48. The smallest absolute Gasteiger partial charge is 0.310 e. The Morgan fingerprint density at radius 3 is 2.57 bits per heavy atom. The predicted molar refractivity (Wildman–Crippen MR) is 119 cm³/mol. The van der Waals surface area contributed by atoms with Crippen molar-refractivity contribution in [2.75, 3.05) is 30.3 Å². The Bertz CT molecular complexity index is 865. The van der Waals surface area contributed by atoms with Crippen LogP contribution in [0.4, 0.5) is 17.2 Å². The maximum atomic E-state index is 11.3. The normalized spacial score (nSPS) is 10.1. The highest BCUT2D eigenvalue weighted by Crippen LogP contribution is 2.25. The van der Waals surface area contributed by atoms with Gasteiger partial charge < -0.3 is 26.4 Å². The summed E-state index contributed by atoms with van der Waals surface area (Å²) >= 11 is 5.05. The Morgan fingerprint density at radius 2 is 1.87 bits per heavy atom. The van der Waals surface area contributed by atoms with E-state index in [1.54, 1.807) is 6.07 Å². The first-order valence-electron chi connectivity index (χ1n) is 9.35. The lowest BCUT2D eigenvalue weighted by atomic mass is 10.2. The summed E-state index contributed by atoms with van der Waals surface area (Å²) in [5, 5.41) is 32.2. The van der Waals surface area contributed by atoms with Crippen LogP contribution in [0.15, 0.2) is 42.6 Å². The van der Waals surface area contributed by atoms with Crippen molar-refractivity contribution in [1.82, 2.24) is 15.6 Å². The van der Waals surface area contributed by atoms with Crippen molar-refractivity contribution < 1.29 is 14.8 Å². The van der Waals surface area contributed by atoms with E-state index < -0.39 is 10.9 Å². The van der Waals surface area contributed by atoms with E-state index >= 15 is 0 Å². The van der Waals surface area contributed by atoms with Crippen molar-refractivity contribution in [3.63, 3.8) is 0 Å². The average Bonchev–Trinajstić information content (AvgIpc) is 2.72. The molecule has 0 aliphatic carbocycles. The molecule has 2 rings (SSSR count). The Labute approximate surface area is 179 Å².